The van der Waals surface area contributed by atoms with Crippen LogP contribution < -0.4 is 0 Å². The predicted molar refractivity (Wildman–Crippen MR) is 65.1 cm³/mol. The van der Waals surface area contributed by atoms with Crippen LogP contribution in [-0.2, 0) is 9.47 Å². The fraction of sp³-hybridized carbons (Fsp3) is 0.533. The van der Waals surface area contributed by atoms with E-state index in [0.29, 0.717) is 29.6 Å². The average Bonchev–Trinajstić information content (AvgIpc) is 3.15. The molecule has 3 heteroatoms. The SMILES string of the molecule is O=C(OC1CC2CC(C1)[C@@H]1O[C@H]21)c1ccccc1. The molecule has 0 spiro atoms. The zero-order valence-corrected chi connectivity index (χ0v) is 10.1. The monoisotopic (exact) mass is 244 g/mol. The Labute approximate surface area is 106 Å². The van der Waals surface area contributed by atoms with Gasteiger partial charge in [0, 0.05) is 0 Å². The highest BCUT2D eigenvalue weighted by atomic mass is 16.6. The van der Waals surface area contributed by atoms with Crippen molar-refractivity contribution in [2.45, 2.75) is 37.6 Å². The number of hydrogen-bond acceptors (Lipinski definition) is 3. The van der Waals surface area contributed by atoms with Crippen LogP contribution in [0.5, 0.6) is 0 Å². The Hall–Kier alpha value is -1.35. The number of epoxide rings is 1. The lowest BCUT2D eigenvalue weighted by Gasteiger charge is -2.29. The first-order valence-electron chi connectivity index (χ1n) is 6.73. The van der Waals surface area contributed by atoms with Gasteiger partial charge in [-0.15, -0.1) is 0 Å². The fourth-order valence-electron chi connectivity index (χ4n) is 3.67. The molecule has 2 saturated carbocycles. The Kier molecular flexibility index (Phi) is 2.24. The summed E-state index contributed by atoms with van der Waals surface area (Å²) in [5, 5.41) is 0. The Bertz CT molecular complexity index is 454. The number of benzene rings is 1. The second-order valence-corrected chi connectivity index (χ2v) is 5.69. The maximum atomic E-state index is 12.0. The second-order valence-electron chi connectivity index (χ2n) is 5.69. The first kappa shape index (κ1) is 10.6. The molecule has 3 aliphatic rings. The molecule has 3 unspecified atom stereocenters. The zero-order chi connectivity index (χ0) is 12.1. The van der Waals surface area contributed by atoms with Gasteiger partial charge in [0.25, 0.3) is 0 Å². The van der Waals surface area contributed by atoms with E-state index < -0.39 is 0 Å². The maximum absolute atomic E-state index is 12.0. The normalized spacial score (nSPS) is 40.1. The minimum atomic E-state index is -0.184. The first-order chi connectivity index (χ1) is 8.81. The molecular formula is C15H16O3. The first-order valence-corrected chi connectivity index (χ1v) is 6.73. The highest BCUT2D eigenvalue weighted by Gasteiger charge is 2.59. The summed E-state index contributed by atoms with van der Waals surface area (Å²) in [7, 11) is 0. The average molecular weight is 244 g/mol. The van der Waals surface area contributed by atoms with Crippen LogP contribution in [0.1, 0.15) is 29.6 Å². The molecule has 2 aliphatic carbocycles. The molecule has 5 atom stereocenters. The molecule has 4 rings (SSSR count). The van der Waals surface area contributed by atoms with Crippen LogP contribution in [0.15, 0.2) is 30.3 Å². The van der Waals surface area contributed by atoms with E-state index in [-0.39, 0.29) is 12.1 Å². The molecule has 1 heterocycles. The molecule has 1 saturated heterocycles. The smallest absolute Gasteiger partial charge is 0.338 e. The summed E-state index contributed by atoms with van der Waals surface area (Å²) in [6.45, 7) is 0. The lowest BCUT2D eigenvalue weighted by atomic mass is 9.86. The number of carbonyl (C=O) groups excluding carboxylic acids is 1. The molecule has 0 aromatic heterocycles. The zero-order valence-electron chi connectivity index (χ0n) is 10.1. The Morgan fingerprint density at radius 1 is 1.06 bits per heavy atom. The summed E-state index contributed by atoms with van der Waals surface area (Å²) in [5.74, 6) is 1.07. The van der Waals surface area contributed by atoms with Crippen LogP contribution in [0, 0.1) is 11.8 Å². The highest BCUT2D eigenvalue weighted by Crippen LogP contribution is 2.54. The lowest BCUT2D eigenvalue weighted by Crippen LogP contribution is -2.29. The van der Waals surface area contributed by atoms with Crippen molar-refractivity contribution in [1.82, 2.24) is 0 Å². The molecule has 3 nitrogen and oxygen atoms in total. The summed E-state index contributed by atoms with van der Waals surface area (Å²) < 4.78 is 11.2. The highest BCUT2D eigenvalue weighted by molar-refractivity contribution is 5.89. The van der Waals surface area contributed by atoms with Crippen LogP contribution in [-0.4, -0.2) is 24.3 Å². The van der Waals surface area contributed by atoms with Crippen molar-refractivity contribution < 1.29 is 14.3 Å². The Morgan fingerprint density at radius 3 is 2.39 bits per heavy atom. The third kappa shape index (κ3) is 1.65. The number of carbonyl (C=O) groups is 1. The van der Waals surface area contributed by atoms with E-state index in [4.69, 9.17) is 9.47 Å². The number of ether oxygens (including phenoxy) is 2. The van der Waals surface area contributed by atoms with E-state index in [1.807, 2.05) is 18.2 Å². The molecule has 18 heavy (non-hydrogen) atoms. The standard InChI is InChI=1S/C15H16O3/c16-15(9-4-2-1-3-5-9)17-12-7-10-6-11(8-12)14-13(10)18-14/h1-5,10-14H,6-8H2/t10?,11?,12?,13-,14+. The summed E-state index contributed by atoms with van der Waals surface area (Å²) in [5.41, 5.74) is 0.650. The van der Waals surface area contributed by atoms with Gasteiger partial charge >= 0.3 is 5.97 Å². The van der Waals surface area contributed by atoms with Gasteiger partial charge in [-0.25, -0.2) is 4.79 Å². The van der Waals surface area contributed by atoms with Crippen molar-refractivity contribution in [3.63, 3.8) is 0 Å². The van der Waals surface area contributed by atoms with Crippen LogP contribution in [0.25, 0.3) is 0 Å². The third-order valence-electron chi connectivity index (χ3n) is 4.51. The third-order valence-corrected chi connectivity index (χ3v) is 4.51. The predicted octanol–water partition coefficient (Wildman–Crippen LogP) is 2.41. The van der Waals surface area contributed by atoms with E-state index in [1.54, 1.807) is 12.1 Å². The van der Waals surface area contributed by atoms with Gasteiger partial charge in [0.1, 0.15) is 6.10 Å². The number of rotatable bonds is 2. The molecule has 94 valence electrons. The van der Waals surface area contributed by atoms with E-state index in [0.717, 1.165) is 12.8 Å². The van der Waals surface area contributed by atoms with Gasteiger partial charge in [-0.1, -0.05) is 18.2 Å². The van der Waals surface area contributed by atoms with E-state index in [1.165, 1.54) is 6.42 Å². The van der Waals surface area contributed by atoms with E-state index in [2.05, 4.69) is 0 Å². The van der Waals surface area contributed by atoms with Crippen molar-refractivity contribution in [1.29, 1.82) is 0 Å². The van der Waals surface area contributed by atoms with Gasteiger partial charge in [-0.2, -0.15) is 0 Å². The van der Waals surface area contributed by atoms with Crippen LogP contribution in [0.2, 0.25) is 0 Å². The van der Waals surface area contributed by atoms with Crippen molar-refractivity contribution in [3.8, 4) is 0 Å². The summed E-state index contributed by atoms with van der Waals surface area (Å²) in [4.78, 5) is 12.0. The van der Waals surface area contributed by atoms with Gasteiger partial charge in [-0.3, -0.25) is 0 Å². The summed E-state index contributed by atoms with van der Waals surface area (Å²) in [6.07, 6.45) is 4.30. The minimum absolute atomic E-state index is 0.0952. The van der Waals surface area contributed by atoms with Gasteiger partial charge in [0.15, 0.2) is 0 Å². The van der Waals surface area contributed by atoms with Crippen LogP contribution >= 0.6 is 0 Å². The summed E-state index contributed by atoms with van der Waals surface area (Å²) in [6, 6.07) is 9.25. The quantitative estimate of drug-likeness (QED) is 0.592. The van der Waals surface area contributed by atoms with Crippen molar-refractivity contribution >= 4 is 5.97 Å². The molecule has 3 fully saturated rings. The van der Waals surface area contributed by atoms with Crippen LogP contribution in [0.3, 0.4) is 0 Å². The largest absolute Gasteiger partial charge is 0.459 e. The lowest BCUT2D eigenvalue weighted by molar-refractivity contribution is 0.000300. The van der Waals surface area contributed by atoms with Gasteiger partial charge in [0.2, 0.25) is 0 Å². The van der Waals surface area contributed by atoms with E-state index in [9.17, 15) is 4.79 Å². The number of hydrogen-bond donors (Lipinski definition) is 0. The van der Waals surface area contributed by atoms with Gasteiger partial charge < -0.3 is 9.47 Å². The van der Waals surface area contributed by atoms with Crippen LogP contribution in [0.4, 0.5) is 0 Å². The Morgan fingerprint density at radius 2 is 1.72 bits per heavy atom. The number of esters is 1. The molecule has 0 radical (unpaired) electrons. The Balaban J connectivity index is 1.42. The van der Waals surface area contributed by atoms with Crippen molar-refractivity contribution in [2.24, 2.45) is 11.8 Å². The molecule has 1 aromatic carbocycles. The number of fused-ring (bicyclic) bond motifs is 5. The molecule has 1 aromatic rings. The van der Waals surface area contributed by atoms with Crippen molar-refractivity contribution in [3.05, 3.63) is 35.9 Å². The maximum Gasteiger partial charge on any atom is 0.338 e. The second kappa shape index (κ2) is 3.82. The molecule has 2 bridgehead atoms. The molecule has 0 amide bonds. The molecule has 1 aliphatic heterocycles. The summed E-state index contributed by atoms with van der Waals surface area (Å²) >= 11 is 0. The molecular weight excluding hydrogens is 228 g/mol. The minimum Gasteiger partial charge on any atom is -0.459 e. The van der Waals surface area contributed by atoms with Gasteiger partial charge in [0.05, 0.1) is 17.8 Å². The van der Waals surface area contributed by atoms with E-state index >= 15 is 0 Å². The topological polar surface area (TPSA) is 38.8 Å². The molecule has 0 N–H and O–H groups in total. The van der Waals surface area contributed by atoms with Gasteiger partial charge in [-0.05, 0) is 43.2 Å². The fourth-order valence-corrected chi connectivity index (χ4v) is 3.67. The van der Waals surface area contributed by atoms with Crippen molar-refractivity contribution in [2.75, 3.05) is 0 Å².